The molecule has 0 unspecified atom stereocenters. The van der Waals surface area contributed by atoms with Crippen LogP contribution in [0.2, 0.25) is 0 Å². The number of ether oxygens (including phenoxy) is 2. The molecule has 0 radical (unpaired) electrons. The summed E-state index contributed by atoms with van der Waals surface area (Å²) in [5, 5.41) is 0. The standard InChI is InChI=1S/C25H17F3O4/c1-3-23(29)31-19-10-5-16(6-11-19)18-9-14-21(22(15-18)25(26,27)28)17-7-12-20(13-8-17)32-24(30)4-2/h3-15H,1-2H2. The Morgan fingerprint density at radius 3 is 1.56 bits per heavy atom. The van der Waals surface area contributed by atoms with E-state index in [1.54, 1.807) is 18.2 Å². The Hall–Kier alpha value is -4.13. The summed E-state index contributed by atoms with van der Waals surface area (Å²) in [4.78, 5) is 22.5. The van der Waals surface area contributed by atoms with Gasteiger partial charge in [0, 0.05) is 12.2 Å². The van der Waals surface area contributed by atoms with Crippen molar-refractivity contribution in [3.63, 3.8) is 0 Å². The van der Waals surface area contributed by atoms with Crippen LogP contribution in [0.1, 0.15) is 5.56 Å². The Balaban J connectivity index is 1.95. The highest BCUT2D eigenvalue weighted by atomic mass is 19.4. The van der Waals surface area contributed by atoms with Gasteiger partial charge >= 0.3 is 18.1 Å². The second-order valence-electron chi connectivity index (χ2n) is 6.56. The number of carbonyl (C=O) groups excluding carboxylic acids is 2. The SMILES string of the molecule is C=CC(=O)Oc1ccc(-c2ccc(-c3ccc(OC(=O)C=C)cc3)c(C(F)(F)F)c2)cc1. The summed E-state index contributed by atoms with van der Waals surface area (Å²) < 4.78 is 51.4. The van der Waals surface area contributed by atoms with Gasteiger partial charge in [0.15, 0.2) is 0 Å². The van der Waals surface area contributed by atoms with Gasteiger partial charge in [-0.1, -0.05) is 49.6 Å². The number of hydrogen-bond acceptors (Lipinski definition) is 4. The predicted octanol–water partition coefficient (Wildman–Crippen LogP) is 6.22. The first kappa shape index (κ1) is 22.6. The van der Waals surface area contributed by atoms with Crippen LogP contribution < -0.4 is 9.47 Å². The molecule has 0 N–H and O–H groups in total. The molecule has 0 fully saturated rings. The van der Waals surface area contributed by atoms with Gasteiger partial charge in [-0.3, -0.25) is 0 Å². The number of alkyl halides is 3. The molecule has 0 atom stereocenters. The molecule has 3 rings (SSSR count). The van der Waals surface area contributed by atoms with Crippen LogP contribution >= 0.6 is 0 Å². The molecule has 0 saturated heterocycles. The molecule has 0 aliphatic carbocycles. The summed E-state index contributed by atoms with van der Waals surface area (Å²) in [5.74, 6) is -0.847. The van der Waals surface area contributed by atoms with E-state index in [4.69, 9.17) is 9.47 Å². The second kappa shape index (κ2) is 9.34. The molecule has 7 heteroatoms. The maximum absolute atomic E-state index is 13.8. The van der Waals surface area contributed by atoms with E-state index in [-0.39, 0.29) is 17.1 Å². The van der Waals surface area contributed by atoms with Crippen LogP contribution in [0.15, 0.2) is 92.0 Å². The molecule has 3 aromatic rings. The third kappa shape index (κ3) is 5.31. The van der Waals surface area contributed by atoms with Gasteiger partial charge in [-0.25, -0.2) is 9.59 Å². The van der Waals surface area contributed by atoms with Crippen molar-refractivity contribution in [3.8, 4) is 33.8 Å². The first-order chi connectivity index (χ1) is 15.2. The lowest BCUT2D eigenvalue weighted by molar-refractivity contribution is -0.137. The van der Waals surface area contributed by atoms with E-state index < -0.39 is 23.7 Å². The Kier molecular flexibility index (Phi) is 6.59. The fraction of sp³-hybridized carbons (Fsp3) is 0.0400. The minimum atomic E-state index is -4.60. The lowest BCUT2D eigenvalue weighted by Gasteiger charge is -2.15. The van der Waals surface area contributed by atoms with Crippen molar-refractivity contribution >= 4 is 11.9 Å². The van der Waals surface area contributed by atoms with Crippen LogP contribution in [-0.4, -0.2) is 11.9 Å². The number of esters is 2. The number of benzene rings is 3. The van der Waals surface area contributed by atoms with E-state index in [9.17, 15) is 22.8 Å². The van der Waals surface area contributed by atoms with Crippen LogP contribution in [0.4, 0.5) is 13.2 Å². The Bertz CT molecular complexity index is 1160. The minimum absolute atomic E-state index is 0.0145. The summed E-state index contributed by atoms with van der Waals surface area (Å²) in [7, 11) is 0. The van der Waals surface area contributed by atoms with Crippen LogP contribution in [0, 0.1) is 0 Å². The molecule has 32 heavy (non-hydrogen) atoms. The van der Waals surface area contributed by atoms with E-state index in [1.165, 1.54) is 42.5 Å². The molecule has 0 heterocycles. The first-order valence-electron chi connectivity index (χ1n) is 9.32. The fourth-order valence-electron chi connectivity index (χ4n) is 2.94. The van der Waals surface area contributed by atoms with Crippen molar-refractivity contribution in [1.82, 2.24) is 0 Å². The van der Waals surface area contributed by atoms with E-state index in [2.05, 4.69) is 13.2 Å². The minimum Gasteiger partial charge on any atom is -0.423 e. The Labute approximate surface area is 182 Å². The predicted molar refractivity (Wildman–Crippen MR) is 114 cm³/mol. The van der Waals surface area contributed by atoms with E-state index in [1.807, 2.05) is 0 Å². The molecule has 0 bridgehead atoms. The second-order valence-corrected chi connectivity index (χ2v) is 6.56. The van der Waals surface area contributed by atoms with Crippen molar-refractivity contribution in [2.75, 3.05) is 0 Å². The monoisotopic (exact) mass is 438 g/mol. The van der Waals surface area contributed by atoms with E-state index >= 15 is 0 Å². The zero-order valence-corrected chi connectivity index (χ0v) is 16.7. The van der Waals surface area contributed by atoms with Crippen LogP contribution in [0.25, 0.3) is 22.3 Å². The summed E-state index contributed by atoms with van der Waals surface area (Å²) in [6.07, 6.45) is -2.60. The van der Waals surface area contributed by atoms with E-state index in [0.29, 0.717) is 16.7 Å². The van der Waals surface area contributed by atoms with Gasteiger partial charge in [-0.15, -0.1) is 0 Å². The van der Waals surface area contributed by atoms with Crippen molar-refractivity contribution in [1.29, 1.82) is 0 Å². The third-order valence-electron chi connectivity index (χ3n) is 4.45. The van der Waals surface area contributed by atoms with E-state index in [0.717, 1.165) is 18.2 Å². The highest BCUT2D eigenvalue weighted by molar-refractivity contribution is 5.84. The summed E-state index contributed by atoms with van der Waals surface area (Å²) in [6.45, 7) is 6.59. The maximum atomic E-state index is 13.8. The number of hydrogen-bond donors (Lipinski definition) is 0. The van der Waals surface area contributed by atoms with Crippen molar-refractivity contribution in [2.45, 2.75) is 6.18 Å². The number of rotatable bonds is 6. The summed E-state index contributed by atoms with van der Waals surface area (Å²) in [5.41, 5.74) is 0.354. The molecule has 0 aliphatic heterocycles. The molecule has 4 nitrogen and oxygen atoms in total. The fourth-order valence-corrected chi connectivity index (χ4v) is 2.94. The zero-order chi connectivity index (χ0) is 23.3. The topological polar surface area (TPSA) is 52.6 Å². The average molecular weight is 438 g/mol. The van der Waals surface area contributed by atoms with Gasteiger partial charge in [-0.05, 0) is 52.6 Å². The van der Waals surface area contributed by atoms with Gasteiger partial charge in [0.1, 0.15) is 11.5 Å². The molecule has 162 valence electrons. The van der Waals surface area contributed by atoms with Gasteiger partial charge in [0.2, 0.25) is 0 Å². The molecule has 0 amide bonds. The van der Waals surface area contributed by atoms with Gasteiger partial charge in [0.05, 0.1) is 5.56 Å². The molecular formula is C25H17F3O4. The third-order valence-corrected chi connectivity index (χ3v) is 4.45. The molecular weight excluding hydrogens is 421 g/mol. The highest BCUT2D eigenvalue weighted by Gasteiger charge is 2.34. The Morgan fingerprint density at radius 1 is 0.688 bits per heavy atom. The average Bonchev–Trinajstić information content (AvgIpc) is 2.79. The molecule has 0 aliphatic rings. The lowest BCUT2D eigenvalue weighted by atomic mass is 9.94. The Morgan fingerprint density at radius 2 is 1.12 bits per heavy atom. The zero-order valence-electron chi connectivity index (χ0n) is 16.7. The maximum Gasteiger partial charge on any atom is 0.417 e. The molecule has 0 spiro atoms. The van der Waals surface area contributed by atoms with Crippen LogP contribution in [-0.2, 0) is 15.8 Å². The van der Waals surface area contributed by atoms with Crippen molar-refractivity contribution in [2.24, 2.45) is 0 Å². The number of carbonyl (C=O) groups is 2. The lowest BCUT2D eigenvalue weighted by Crippen LogP contribution is -2.07. The van der Waals surface area contributed by atoms with Gasteiger partial charge < -0.3 is 9.47 Å². The van der Waals surface area contributed by atoms with Gasteiger partial charge in [0.25, 0.3) is 0 Å². The summed E-state index contributed by atoms with van der Waals surface area (Å²) in [6, 6.07) is 15.8. The van der Waals surface area contributed by atoms with Crippen LogP contribution in [0.3, 0.4) is 0 Å². The van der Waals surface area contributed by atoms with Gasteiger partial charge in [-0.2, -0.15) is 13.2 Å². The first-order valence-corrected chi connectivity index (χ1v) is 9.32. The van der Waals surface area contributed by atoms with Crippen molar-refractivity contribution in [3.05, 3.63) is 97.6 Å². The summed E-state index contributed by atoms with van der Waals surface area (Å²) >= 11 is 0. The molecule has 0 aromatic heterocycles. The normalized spacial score (nSPS) is 10.8. The number of halogens is 3. The highest BCUT2D eigenvalue weighted by Crippen LogP contribution is 2.40. The molecule has 0 saturated carbocycles. The van der Waals surface area contributed by atoms with Crippen molar-refractivity contribution < 1.29 is 32.2 Å². The largest absolute Gasteiger partial charge is 0.423 e. The van der Waals surface area contributed by atoms with Crippen LogP contribution in [0.5, 0.6) is 11.5 Å². The quantitative estimate of drug-likeness (QED) is 0.260. The smallest absolute Gasteiger partial charge is 0.417 e. The molecule has 3 aromatic carbocycles.